The number of rotatable bonds is 3. The molecule has 0 aliphatic rings. The van der Waals surface area contributed by atoms with Crippen LogP contribution in [0.1, 0.15) is 23.7 Å². The zero-order chi connectivity index (χ0) is 13.1. The smallest absolute Gasteiger partial charge is 0.326 e. The summed E-state index contributed by atoms with van der Waals surface area (Å²) in [6.45, 7) is 1.65. The van der Waals surface area contributed by atoms with E-state index in [1.165, 1.54) is 12.1 Å². The van der Waals surface area contributed by atoms with Crippen LogP contribution in [0.5, 0.6) is 0 Å². The number of hydrogen-bond acceptors (Lipinski definition) is 2. The van der Waals surface area contributed by atoms with Gasteiger partial charge in [0.1, 0.15) is 0 Å². The third kappa shape index (κ3) is 3.58. The van der Waals surface area contributed by atoms with Gasteiger partial charge in [0.05, 0.1) is 0 Å². The molecule has 17 heavy (non-hydrogen) atoms. The van der Waals surface area contributed by atoms with Crippen LogP contribution in [-0.4, -0.2) is 17.9 Å². The van der Waals surface area contributed by atoms with E-state index in [1.54, 1.807) is 6.92 Å². The number of carbonyl (C=O) groups excluding carboxylic acids is 2. The molecule has 0 aliphatic carbocycles. The molecule has 1 aromatic rings. The van der Waals surface area contributed by atoms with Crippen molar-refractivity contribution in [3.05, 3.63) is 29.8 Å². The van der Waals surface area contributed by atoms with Gasteiger partial charge in [-0.25, -0.2) is 0 Å². The van der Waals surface area contributed by atoms with Gasteiger partial charge in [0.25, 0.3) is 5.78 Å². The van der Waals surface area contributed by atoms with Crippen molar-refractivity contribution in [2.24, 2.45) is 0 Å². The molecule has 0 aliphatic heterocycles. The van der Waals surface area contributed by atoms with Crippen molar-refractivity contribution in [3.63, 3.8) is 0 Å². The first kappa shape index (κ1) is 13.2. The first-order valence-electron chi connectivity index (χ1n) is 4.86. The second kappa shape index (κ2) is 4.99. The highest BCUT2D eigenvalue weighted by molar-refractivity contribution is 6.00. The lowest BCUT2D eigenvalue weighted by atomic mass is 10.1. The molecule has 1 N–H and O–H groups in total. The summed E-state index contributed by atoms with van der Waals surface area (Å²) in [5.41, 5.74) is -0.0948. The van der Waals surface area contributed by atoms with Gasteiger partial charge in [-0.05, 0) is 24.3 Å². The SMILES string of the molecule is CCC(=O)Nc1ccc(C(=O)C(F)(F)F)cc1. The lowest BCUT2D eigenvalue weighted by Crippen LogP contribution is -2.22. The highest BCUT2D eigenvalue weighted by atomic mass is 19.4. The van der Waals surface area contributed by atoms with E-state index in [4.69, 9.17) is 0 Å². The number of nitrogens with one attached hydrogen (secondary N) is 1. The fraction of sp³-hybridized carbons (Fsp3) is 0.273. The van der Waals surface area contributed by atoms with Crippen LogP contribution in [0, 0.1) is 0 Å². The molecule has 0 unspecified atom stereocenters. The third-order valence-corrected chi connectivity index (χ3v) is 2.01. The van der Waals surface area contributed by atoms with Gasteiger partial charge in [0, 0.05) is 17.7 Å². The van der Waals surface area contributed by atoms with Crippen molar-refractivity contribution in [1.29, 1.82) is 0 Å². The number of amides is 1. The Morgan fingerprint density at radius 1 is 1.18 bits per heavy atom. The average Bonchev–Trinajstić information content (AvgIpc) is 2.27. The zero-order valence-corrected chi connectivity index (χ0v) is 8.97. The van der Waals surface area contributed by atoms with Gasteiger partial charge in [-0.15, -0.1) is 0 Å². The van der Waals surface area contributed by atoms with Crippen LogP contribution >= 0.6 is 0 Å². The minimum Gasteiger partial charge on any atom is -0.326 e. The van der Waals surface area contributed by atoms with Crippen LogP contribution in [-0.2, 0) is 4.79 Å². The summed E-state index contributed by atoms with van der Waals surface area (Å²) in [6, 6.07) is 4.57. The van der Waals surface area contributed by atoms with E-state index < -0.39 is 17.5 Å². The van der Waals surface area contributed by atoms with E-state index in [2.05, 4.69) is 5.32 Å². The first-order chi connectivity index (χ1) is 7.84. The number of hydrogen-bond donors (Lipinski definition) is 1. The maximum absolute atomic E-state index is 12.1. The third-order valence-electron chi connectivity index (χ3n) is 2.01. The molecule has 0 fully saturated rings. The minimum atomic E-state index is -4.88. The van der Waals surface area contributed by atoms with Crippen LogP contribution in [0.15, 0.2) is 24.3 Å². The molecule has 0 radical (unpaired) electrons. The molecule has 1 aromatic carbocycles. The van der Waals surface area contributed by atoms with Crippen LogP contribution in [0.25, 0.3) is 0 Å². The van der Waals surface area contributed by atoms with E-state index in [1.807, 2.05) is 0 Å². The summed E-state index contributed by atoms with van der Waals surface area (Å²) in [7, 11) is 0. The van der Waals surface area contributed by atoms with Crippen LogP contribution in [0.3, 0.4) is 0 Å². The molecule has 92 valence electrons. The topological polar surface area (TPSA) is 46.2 Å². The fourth-order valence-electron chi connectivity index (χ4n) is 1.12. The Hall–Kier alpha value is -1.85. The number of halogens is 3. The standard InChI is InChI=1S/C11H10F3NO2/c1-2-9(16)15-8-5-3-7(4-6-8)10(17)11(12,13)14/h3-6H,2H2,1H3,(H,15,16). The second-order valence-corrected chi connectivity index (χ2v) is 3.31. The Morgan fingerprint density at radius 2 is 1.71 bits per heavy atom. The van der Waals surface area contributed by atoms with E-state index in [-0.39, 0.29) is 12.3 Å². The predicted molar refractivity (Wildman–Crippen MR) is 55.7 cm³/mol. The Bertz CT molecular complexity index is 423. The number of anilines is 1. The second-order valence-electron chi connectivity index (χ2n) is 3.31. The number of ketones is 1. The quantitative estimate of drug-likeness (QED) is 0.832. The zero-order valence-electron chi connectivity index (χ0n) is 8.97. The van der Waals surface area contributed by atoms with Crippen LogP contribution in [0.4, 0.5) is 18.9 Å². The van der Waals surface area contributed by atoms with Gasteiger partial charge >= 0.3 is 6.18 Å². The average molecular weight is 245 g/mol. The van der Waals surface area contributed by atoms with Gasteiger partial charge in [-0.2, -0.15) is 13.2 Å². The lowest BCUT2D eigenvalue weighted by molar-refractivity contribution is -0.115. The molecule has 0 bridgehead atoms. The van der Waals surface area contributed by atoms with Gasteiger partial charge in [0.15, 0.2) is 0 Å². The summed E-state index contributed by atoms with van der Waals surface area (Å²) >= 11 is 0. The molecule has 1 rings (SSSR count). The highest BCUT2D eigenvalue weighted by Gasteiger charge is 2.39. The summed E-state index contributed by atoms with van der Waals surface area (Å²) < 4.78 is 36.2. The van der Waals surface area contributed by atoms with Crippen molar-refractivity contribution in [2.45, 2.75) is 19.5 Å². The van der Waals surface area contributed by atoms with Crippen molar-refractivity contribution in [1.82, 2.24) is 0 Å². The molecule has 1 amide bonds. The molecular formula is C11H10F3NO2. The Balaban J connectivity index is 2.82. The van der Waals surface area contributed by atoms with Crippen molar-refractivity contribution >= 4 is 17.4 Å². The van der Waals surface area contributed by atoms with Gasteiger partial charge in [-0.1, -0.05) is 6.92 Å². The largest absolute Gasteiger partial charge is 0.454 e. The van der Waals surface area contributed by atoms with E-state index in [0.29, 0.717) is 5.69 Å². The molecular weight excluding hydrogens is 235 g/mol. The Kier molecular flexibility index (Phi) is 3.88. The van der Waals surface area contributed by atoms with Gasteiger partial charge in [-0.3, -0.25) is 9.59 Å². The van der Waals surface area contributed by atoms with Gasteiger partial charge in [0.2, 0.25) is 5.91 Å². The number of carbonyl (C=O) groups is 2. The normalized spacial score (nSPS) is 11.1. The highest BCUT2D eigenvalue weighted by Crippen LogP contribution is 2.22. The molecule has 0 spiro atoms. The Morgan fingerprint density at radius 3 is 2.12 bits per heavy atom. The number of benzene rings is 1. The van der Waals surface area contributed by atoms with E-state index in [0.717, 1.165) is 12.1 Å². The van der Waals surface area contributed by atoms with Gasteiger partial charge < -0.3 is 5.32 Å². The van der Waals surface area contributed by atoms with E-state index in [9.17, 15) is 22.8 Å². The molecule has 0 heterocycles. The summed E-state index contributed by atoms with van der Waals surface area (Å²) in [4.78, 5) is 21.8. The molecule has 0 saturated heterocycles. The molecule has 3 nitrogen and oxygen atoms in total. The molecule has 0 saturated carbocycles. The maximum Gasteiger partial charge on any atom is 0.454 e. The predicted octanol–water partition coefficient (Wildman–Crippen LogP) is 2.78. The van der Waals surface area contributed by atoms with Crippen molar-refractivity contribution < 1.29 is 22.8 Å². The maximum atomic E-state index is 12.1. The number of Topliss-reactive ketones (excluding diaryl/α,β-unsaturated/α-hetero) is 1. The number of alkyl halides is 3. The Labute approximate surface area is 95.6 Å². The molecule has 6 heteroatoms. The minimum absolute atomic E-state index is 0.250. The monoisotopic (exact) mass is 245 g/mol. The molecule has 0 atom stereocenters. The summed E-state index contributed by atoms with van der Waals surface area (Å²) in [5, 5.41) is 2.46. The summed E-state index contributed by atoms with van der Waals surface area (Å²) in [6.07, 6.45) is -4.61. The van der Waals surface area contributed by atoms with Crippen LogP contribution in [0.2, 0.25) is 0 Å². The lowest BCUT2D eigenvalue weighted by Gasteiger charge is -2.07. The van der Waals surface area contributed by atoms with Crippen molar-refractivity contribution in [3.8, 4) is 0 Å². The molecule has 0 aromatic heterocycles. The first-order valence-corrected chi connectivity index (χ1v) is 4.86. The van der Waals surface area contributed by atoms with Crippen molar-refractivity contribution in [2.75, 3.05) is 5.32 Å². The van der Waals surface area contributed by atoms with Crippen LogP contribution < -0.4 is 5.32 Å². The van der Waals surface area contributed by atoms with E-state index >= 15 is 0 Å². The summed E-state index contributed by atoms with van der Waals surface area (Å²) in [5.74, 6) is -2.15. The fourth-order valence-corrected chi connectivity index (χ4v) is 1.12.